The molecule has 1 fully saturated rings. The lowest BCUT2D eigenvalue weighted by Gasteiger charge is -2.32. The molecule has 2 aromatic rings. The van der Waals surface area contributed by atoms with Gasteiger partial charge in [0.05, 0.1) is 21.8 Å². The summed E-state index contributed by atoms with van der Waals surface area (Å²) in [5, 5.41) is 2.94. The molecule has 1 amide bonds. The van der Waals surface area contributed by atoms with Gasteiger partial charge in [0, 0.05) is 27.2 Å². The van der Waals surface area contributed by atoms with E-state index in [1.807, 2.05) is 6.92 Å². The number of hydrogen-bond donors (Lipinski definition) is 1. The molecule has 1 N–H and O–H groups in total. The van der Waals surface area contributed by atoms with E-state index >= 15 is 0 Å². The van der Waals surface area contributed by atoms with E-state index in [2.05, 4.69) is 5.32 Å². The molecule has 0 spiro atoms. The van der Waals surface area contributed by atoms with Crippen molar-refractivity contribution in [3.8, 4) is 0 Å². The molecule has 8 nitrogen and oxygen atoms in total. The lowest BCUT2D eigenvalue weighted by atomic mass is 9.98. The number of carbonyl (C=O) groups excluding carboxylic acids is 1. The van der Waals surface area contributed by atoms with Crippen LogP contribution in [0.25, 0.3) is 0 Å². The van der Waals surface area contributed by atoms with Crippen LogP contribution < -0.4 is 5.32 Å². The van der Waals surface area contributed by atoms with Gasteiger partial charge < -0.3 is 5.32 Å². The first-order chi connectivity index (χ1) is 15.0. The number of hydrogen-bond acceptors (Lipinski definition) is 5. The average Bonchev–Trinajstić information content (AvgIpc) is 2.79. The number of amides is 1. The summed E-state index contributed by atoms with van der Waals surface area (Å²) in [4.78, 5) is 13.3. The summed E-state index contributed by atoms with van der Waals surface area (Å²) in [5.74, 6) is -0.659. The van der Waals surface area contributed by atoms with Crippen LogP contribution in [0.15, 0.2) is 64.4 Å². The van der Waals surface area contributed by atoms with Crippen LogP contribution in [0.5, 0.6) is 0 Å². The van der Waals surface area contributed by atoms with Crippen molar-refractivity contribution in [1.29, 1.82) is 0 Å². The van der Waals surface area contributed by atoms with E-state index in [0.29, 0.717) is 19.4 Å². The smallest absolute Gasteiger partial charge is 0.243 e. The minimum absolute atomic E-state index is 0.135. The first-order valence-electron chi connectivity index (χ1n) is 10.4. The number of benzene rings is 2. The topological polar surface area (TPSA) is 104 Å². The van der Waals surface area contributed by atoms with E-state index in [1.54, 1.807) is 42.5 Å². The standard InChI is InChI=1S/C22H29N3O5S2/c1-17(18-11-13-21(14-12-18)31(27,28)24(2)3)23-22(26)19-8-7-15-25(16-19)32(29,30)20-9-5-4-6-10-20/h4-6,9-14,17,19H,7-8,15-16H2,1-3H3,(H,23,26). The Balaban J connectivity index is 1.66. The Kier molecular flexibility index (Phi) is 7.39. The molecule has 0 saturated carbocycles. The van der Waals surface area contributed by atoms with Gasteiger partial charge in [-0.2, -0.15) is 4.31 Å². The van der Waals surface area contributed by atoms with Crippen LogP contribution >= 0.6 is 0 Å². The van der Waals surface area contributed by atoms with Crippen molar-refractivity contribution in [3.05, 3.63) is 60.2 Å². The lowest BCUT2D eigenvalue weighted by Crippen LogP contribution is -2.45. The fraction of sp³-hybridized carbons (Fsp3) is 0.409. The van der Waals surface area contributed by atoms with E-state index in [4.69, 9.17) is 0 Å². The van der Waals surface area contributed by atoms with Crippen LogP contribution in [0.2, 0.25) is 0 Å². The summed E-state index contributed by atoms with van der Waals surface area (Å²) in [6.45, 7) is 2.34. The monoisotopic (exact) mass is 479 g/mol. The molecule has 1 saturated heterocycles. The maximum Gasteiger partial charge on any atom is 0.243 e. The van der Waals surface area contributed by atoms with Gasteiger partial charge in [0.2, 0.25) is 26.0 Å². The van der Waals surface area contributed by atoms with Crippen molar-refractivity contribution in [2.75, 3.05) is 27.2 Å². The Hall–Kier alpha value is -2.27. The van der Waals surface area contributed by atoms with Crippen molar-refractivity contribution < 1.29 is 21.6 Å². The second kappa shape index (κ2) is 9.70. The van der Waals surface area contributed by atoms with Gasteiger partial charge in [-0.25, -0.2) is 21.1 Å². The molecular weight excluding hydrogens is 450 g/mol. The normalized spacial score (nSPS) is 18.9. The molecule has 32 heavy (non-hydrogen) atoms. The number of piperidine rings is 1. The first kappa shape index (κ1) is 24.4. The Morgan fingerprint density at radius 1 is 1.00 bits per heavy atom. The van der Waals surface area contributed by atoms with Crippen LogP contribution in [0, 0.1) is 5.92 Å². The third-order valence-electron chi connectivity index (χ3n) is 5.65. The zero-order valence-electron chi connectivity index (χ0n) is 18.4. The van der Waals surface area contributed by atoms with Crippen molar-refractivity contribution in [2.45, 2.75) is 35.6 Å². The summed E-state index contributed by atoms with van der Waals surface area (Å²) in [6.07, 6.45) is 1.22. The summed E-state index contributed by atoms with van der Waals surface area (Å²) in [5.41, 5.74) is 0.764. The predicted octanol–water partition coefficient (Wildman–Crippen LogP) is 2.21. The molecule has 0 aliphatic carbocycles. The maximum atomic E-state index is 12.9. The molecule has 2 aromatic carbocycles. The quantitative estimate of drug-likeness (QED) is 0.656. The molecule has 0 bridgehead atoms. The summed E-state index contributed by atoms with van der Waals surface area (Å²) in [6, 6.07) is 14.3. The maximum absolute atomic E-state index is 12.9. The van der Waals surface area contributed by atoms with Crippen LogP contribution in [0.3, 0.4) is 0 Å². The van der Waals surface area contributed by atoms with Gasteiger partial charge in [-0.05, 0) is 49.6 Å². The molecule has 2 atom stereocenters. The molecule has 1 aliphatic rings. The Morgan fingerprint density at radius 3 is 2.22 bits per heavy atom. The number of rotatable bonds is 7. The minimum atomic E-state index is -3.64. The third-order valence-corrected chi connectivity index (χ3v) is 9.36. The SMILES string of the molecule is CC(NC(=O)C1CCCN(S(=O)(=O)c2ccccc2)C1)c1ccc(S(=O)(=O)N(C)C)cc1. The van der Waals surface area contributed by atoms with E-state index in [-0.39, 0.29) is 28.3 Å². The number of nitrogens with zero attached hydrogens (tertiary/aromatic N) is 2. The predicted molar refractivity (Wildman–Crippen MR) is 122 cm³/mol. The second-order valence-corrected chi connectivity index (χ2v) is 12.2. The fourth-order valence-corrected chi connectivity index (χ4v) is 6.12. The zero-order chi connectivity index (χ0) is 23.5. The van der Waals surface area contributed by atoms with Gasteiger partial charge in [0.25, 0.3) is 0 Å². The summed E-state index contributed by atoms with van der Waals surface area (Å²) >= 11 is 0. The lowest BCUT2D eigenvalue weighted by molar-refractivity contribution is -0.126. The van der Waals surface area contributed by atoms with Gasteiger partial charge >= 0.3 is 0 Å². The van der Waals surface area contributed by atoms with Gasteiger partial charge in [-0.3, -0.25) is 4.79 Å². The number of nitrogens with one attached hydrogen (secondary N) is 1. The fourth-order valence-electron chi connectivity index (χ4n) is 3.67. The molecule has 0 aromatic heterocycles. The minimum Gasteiger partial charge on any atom is -0.349 e. The Morgan fingerprint density at radius 2 is 1.62 bits per heavy atom. The highest BCUT2D eigenvalue weighted by Gasteiger charge is 2.33. The first-order valence-corrected chi connectivity index (χ1v) is 13.3. The molecule has 1 aliphatic heterocycles. The molecule has 10 heteroatoms. The second-order valence-electron chi connectivity index (χ2n) is 8.10. The van der Waals surface area contributed by atoms with E-state index < -0.39 is 26.0 Å². The molecule has 2 unspecified atom stereocenters. The number of carbonyl (C=O) groups is 1. The average molecular weight is 480 g/mol. The van der Waals surface area contributed by atoms with Gasteiger partial charge in [-0.15, -0.1) is 0 Å². The highest BCUT2D eigenvalue weighted by Crippen LogP contribution is 2.25. The molecule has 174 valence electrons. The van der Waals surface area contributed by atoms with Gasteiger partial charge in [-0.1, -0.05) is 30.3 Å². The van der Waals surface area contributed by atoms with Gasteiger partial charge in [0.15, 0.2) is 0 Å². The third kappa shape index (κ3) is 5.20. The van der Waals surface area contributed by atoms with Crippen LogP contribution in [-0.4, -0.2) is 58.5 Å². The largest absolute Gasteiger partial charge is 0.349 e. The van der Waals surface area contributed by atoms with E-state index in [1.165, 1.54) is 30.5 Å². The zero-order valence-corrected chi connectivity index (χ0v) is 20.1. The van der Waals surface area contributed by atoms with Gasteiger partial charge in [0.1, 0.15) is 0 Å². The molecule has 3 rings (SSSR count). The van der Waals surface area contributed by atoms with Crippen LogP contribution in [0.1, 0.15) is 31.4 Å². The van der Waals surface area contributed by atoms with Crippen LogP contribution in [-0.2, 0) is 24.8 Å². The van der Waals surface area contributed by atoms with Crippen LogP contribution in [0.4, 0.5) is 0 Å². The number of sulfonamides is 2. The Bertz CT molecular complexity index is 1150. The highest BCUT2D eigenvalue weighted by atomic mass is 32.2. The van der Waals surface area contributed by atoms with E-state index in [9.17, 15) is 21.6 Å². The molecule has 1 heterocycles. The van der Waals surface area contributed by atoms with Crippen molar-refractivity contribution in [2.24, 2.45) is 5.92 Å². The molecule has 0 radical (unpaired) electrons. The summed E-state index contributed by atoms with van der Waals surface area (Å²) in [7, 11) is -4.22. The Labute approximate surface area is 190 Å². The molecular formula is C22H29N3O5S2. The highest BCUT2D eigenvalue weighted by molar-refractivity contribution is 7.89. The van der Waals surface area contributed by atoms with E-state index in [0.717, 1.165) is 9.87 Å². The van der Waals surface area contributed by atoms with Crippen molar-refractivity contribution >= 4 is 26.0 Å². The summed E-state index contributed by atoms with van der Waals surface area (Å²) < 4.78 is 52.8. The van der Waals surface area contributed by atoms with Crippen molar-refractivity contribution in [3.63, 3.8) is 0 Å². The van der Waals surface area contributed by atoms with Crippen molar-refractivity contribution in [1.82, 2.24) is 13.9 Å².